The van der Waals surface area contributed by atoms with Crippen LogP contribution in [0.1, 0.15) is 232 Å². The Labute approximate surface area is 369 Å². The Morgan fingerprint density at radius 3 is 1.16 bits per heavy atom. The Morgan fingerprint density at radius 2 is 0.836 bits per heavy atom. The monoisotopic (exact) mass is 849 g/mol. The van der Waals surface area contributed by atoms with Gasteiger partial charge < -0.3 is 20.0 Å². The first-order chi connectivity index (χ1) is 25.9. The molecule has 0 aliphatic heterocycles. The summed E-state index contributed by atoms with van der Waals surface area (Å²) in [5.74, 6) is -0.942. The predicted octanol–water partition coefficient (Wildman–Crippen LogP) is 10.2. The van der Waals surface area contributed by atoms with Crippen molar-refractivity contribution in [1.29, 1.82) is 0 Å². The fourth-order valence-electron chi connectivity index (χ4n) is 6.40. The van der Waals surface area contributed by atoms with Gasteiger partial charge in [0.2, 0.25) is 5.91 Å². The molecule has 13 heteroatoms. The molecule has 0 saturated heterocycles. The Kier molecular flexibility index (Phi) is 48.7. The number of nitrogens with one attached hydrogen (secondary N) is 1. The molecule has 0 radical (unpaired) electrons. The Bertz CT molecular complexity index is 1060. The SMILES string of the molecule is CCCCCCCCCCCCCCCCCC(=O)NCCCS(=O)(=O)O.CCCCCCCCCCCCCCCCCC([O-])=NCCCS(=O)(=O)[O-].[Ca+2]. The Balaban J connectivity index is -0.000000966. The van der Waals surface area contributed by atoms with Crippen LogP contribution in [0.15, 0.2) is 4.99 Å². The van der Waals surface area contributed by atoms with Crippen molar-refractivity contribution in [2.75, 3.05) is 24.6 Å². The summed E-state index contributed by atoms with van der Waals surface area (Å²) >= 11 is 0. The zero-order chi connectivity index (χ0) is 40.4. The topological polar surface area (TPSA) is 176 Å². The summed E-state index contributed by atoms with van der Waals surface area (Å²) < 4.78 is 61.0. The predicted molar refractivity (Wildman–Crippen MR) is 230 cm³/mol. The summed E-state index contributed by atoms with van der Waals surface area (Å²) in [6.45, 7) is 4.96. The van der Waals surface area contributed by atoms with Crippen LogP contribution in [0.4, 0.5) is 0 Å². The molecule has 0 unspecified atom stereocenters. The zero-order valence-corrected chi connectivity index (χ0v) is 39.5. The minimum Gasteiger partial charge on any atom is -0.862 e. The second kappa shape index (κ2) is 45.1. The fraction of sp³-hybridized carbons (Fsp3) is 0.952. The maximum Gasteiger partial charge on any atom is 2.00 e. The Morgan fingerprint density at radius 1 is 0.509 bits per heavy atom. The summed E-state index contributed by atoms with van der Waals surface area (Å²) in [4.78, 5) is 15.4. The van der Waals surface area contributed by atoms with Crippen LogP contribution >= 0.6 is 0 Å². The third-order valence-corrected chi connectivity index (χ3v) is 11.3. The van der Waals surface area contributed by atoms with Crippen molar-refractivity contribution in [2.45, 2.75) is 232 Å². The van der Waals surface area contributed by atoms with E-state index < -0.39 is 26.0 Å². The summed E-state index contributed by atoms with van der Waals surface area (Å²) in [5, 5.41) is 14.2. The van der Waals surface area contributed by atoms with Gasteiger partial charge in [0.15, 0.2) is 0 Å². The number of hydrogen-bond acceptors (Lipinski definition) is 8. The molecule has 2 N–H and O–H groups in total. The molecule has 324 valence electrons. The summed E-state index contributed by atoms with van der Waals surface area (Å²) in [7, 11) is -8.10. The van der Waals surface area contributed by atoms with E-state index in [9.17, 15) is 31.3 Å². The summed E-state index contributed by atoms with van der Waals surface area (Å²) in [6.07, 6.45) is 40.2. The molecular formula is C42H84CaN2O8S2. The van der Waals surface area contributed by atoms with Crippen LogP contribution in [0.2, 0.25) is 0 Å². The molecule has 0 saturated carbocycles. The largest absolute Gasteiger partial charge is 2.00 e. The molecule has 0 aliphatic carbocycles. The van der Waals surface area contributed by atoms with Crippen LogP contribution in [0.5, 0.6) is 0 Å². The zero-order valence-electron chi connectivity index (χ0n) is 35.6. The number of nitrogens with zero attached hydrogens (tertiary/aromatic N) is 1. The fourth-order valence-corrected chi connectivity index (χ4v) is 7.39. The minimum atomic E-state index is -4.19. The maximum absolute atomic E-state index is 11.6. The van der Waals surface area contributed by atoms with Gasteiger partial charge >= 0.3 is 37.7 Å². The molecule has 0 aliphatic rings. The molecule has 10 nitrogen and oxygen atoms in total. The number of carbonyl (C=O) groups excluding carboxylic acids is 1. The van der Waals surface area contributed by atoms with E-state index in [2.05, 4.69) is 24.2 Å². The molecule has 0 spiro atoms. The van der Waals surface area contributed by atoms with Crippen molar-refractivity contribution in [3.05, 3.63) is 0 Å². The van der Waals surface area contributed by atoms with Crippen molar-refractivity contribution in [3.8, 4) is 0 Å². The van der Waals surface area contributed by atoms with Crippen LogP contribution in [-0.2, 0) is 25.0 Å². The maximum atomic E-state index is 11.6. The van der Waals surface area contributed by atoms with E-state index in [1.807, 2.05) is 0 Å². The van der Waals surface area contributed by atoms with E-state index in [-0.39, 0.29) is 74.7 Å². The molecule has 0 rings (SSSR count). The van der Waals surface area contributed by atoms with Crippen LogP contribution in [-0.4, -0.2) is 100 Å². The summed E-state index contributed by atoms with van der Waals surface area (Å²) in [5.41, 5.74) is 0. The molecule has 0 aromatic carbocycles. The smallest absolute Gasteiger partial charge is 0.862 e. The van der Waals surface area contributed by atoms with Crippen molar-refractivity contribution in [2.24, 2.45) is 4.99 Å². The van der Waals surface area contributed by atoms with Gasteiger partial charge in [-0.15, -0.1) is 0 Å². The average molecular weight is 849 g/mol. The minimum absolute atomic E-state index is 0. The van der Waals surface area contributed by atoms with Gasteiger partial charge in [-0.1, -0.05) is 194 Å². The van der Waals surface area contributed by atoms with Crippen molar-refractivity contribution >= 4 is 69.8 Å². The first kappa shape index (κ1) is 59.3. The van der Waals surface area contributed by atoms with Crippen LogP contribution in [0.25, 0.3) is 0 Å². The van der Waals surface area contributed by atoms with Crippen molar-refractivity contribution < 1.29 is 35.8 Å². The van der Waals surface area contributed by atoms with Gasteiger partial charge in [-0.3, -0.25) is 9.35 Å². The van der Waals surface area contributed by atoms with E-state index in [4.69, 9.17) is 4.55 Å². The Hall–Kier alpha value is 0.0197. The number of hydrogen-bond donors (Lipinski definition) is 2. The van der Waals surface area contributed by atoms with Crippen LogP contribution < -0.4 is 10.4 Å². The number of unbranched alkanes of at least 4 members (excludes halogenated alkanes) is 28. The molecule has 0 aromatic rings. The first-order valence-corrected chi connectivity index (χ1v) is 25.5. The molecule has 0 bridgehead atoms. The third kappa shape index (κ3) is 58.4. The van der Waals surface area contributed by atoms with E-state index in [0.717, 1.165) is 25.7 Å². The summed E-state index contributed by atoms with van der Waals surface area (Å²) in [6, 6.07) is 0. The number of carbonyl (C=O) groups is 1. The van der Waals surface area contributed by atoms with E-state index in [1.165, 1.54) is 167 Å². The van der Waals surface area contributed by atoms with Crippen molar-refractivity contribution in [3.63, 3.8) is 0 Å². The molecular weight excluding hydrogens is 765 g/mol. The van der Waals surface area contributed by atoms with Crippen LogP contribution in [0.3, 0.4) is 0 Å². The van der Waals surface area contributed by atoms with E-state index in [0.29, 0.717) is 19.4 Å². The first-order valence-electron chi connectivity index (χ1n) is 22.3. The van der Waals surface area contributed by atoms with E-state index in [1.54, 1.807) is 0 Å². The van der Waals surface area contributed by atoms with Gasteiger partial charge in [-0.25, -0.2) is 8.42 Å². The molecule has 1 amide bonds. The average Bonchev–Trinajstić information content (AvgIpc) is 3.11. The molecule has 0 fully saturated rings. The second-order valence-electron chi connectivity index (χ2n) is 15.3. The van der Waals surface area contributed by atoms with E-state index >= 15 is 0 Å². The quantitative estimate of drug-likeness (QED) is 0.0201. The molecule has 0 heterocycles. The van der Waals surface area contributed by atoms with Gasteiger partial charge in [-0.2, -0.15) is 8.42 Å². The van der Waals surface area contributed by atoms with Gasteiger partial charge in [0, 0.05) is 25.3 Å². The van der Waals surface area contributed by atoms with Gasteiger partial charge in [0.05, 0.1) is 15.9 Å². The molecule has 0 aromatic heterocycles. The van der Waals surface area contributed by atoms with Gasteiger partial charge in [0.25, 0.3) is 10.1 Å². The van der Waals surface area contributed by atoms with Gasteiger partial charge in [-0.05, 0) is 38.0 Å². The third-order valence-electron chi connectivity index (χ3n) is 9.74. The molecule has 0 atom stereocenters. The van der Waals surface area contributed by atoms with Crippen molar-refractivity contribution in [1.82, 2.24) is 5.32 Å². The number of aliphatic imine (C=N–C) groups is 1. The van der Waals surface area contributed by atoms with Crippen LogP contribution in [0, 0.1) is 0 Å². The second-order valence-corrected chi connectivity index (χ2v) is 18.4. The van der Waals surface area contributed by atoms with Gasteiger partial charge in [0.1, 0.15) is 0 Å². The standard InChI is InChI=1S/2C21H43NO4S.Ca/c2*1-2-3-4-5-6-7-8-9-10-11-12-13-14-15-16-18-21(23)22-19-17-20-27(24,25)26;/h2*2-20H2,1H3,(H,22,23)(H,24,25,26);/q;;+2/p-2. The molecule has 55 heavy (non-hydrogen) atoms. The number of rotatable bonds is 40. The normalized spacial score (nSPS) is 11.9. The number of amides is 1.